The van der Waals surface area contributed by atoms with Gasteiger partial charge in [-0.25, -0.2) is 0 Å². The van der Waals surface area contributed by atoms with Crippen molar-refractivity contribution in [3.8, 4) is 0 Å². The average Bonchev–Trinajstić information content (AvgIpc) is 2.47. The van der Waals surface area contributed by atoms with Crippen LogP contribution in [0.2, 0.25) is 15.1 Å². The lowest BCUT2D eigenvalue weighted by molar-refractivity contribution is -0.116. The van der Waals surface area contributed by atoms with Crippen LogP contribution in [0.1, 0.15) is 11.1 Å². The van der Waals surface area contributed by atoms with Crippen LogP contribution in [0.5, 0.6) is 0 Å². The van der Waals surface area contributed by atoms with Gasteiger partial charge in [0.2, 0.25) is 5.91 Å². The fourth-order valence-electron chi connectivity index (χ4n) is 1.91. The molecule has 0 aliphatic rings. The highest BCUT2D eigenvalue weighted by Crippen LogP contribution is 2.25. The van der Waals surface area contributed by atoms with Crippen molar-refractivity contribution in [3.63, 3.8) is 0 Å². The zero-order valence-electron chi connectivity index (χ0n) is 11.7. The molecule has 22 heavy (non-hydrogen) atoms. The Balaban J connectivity index is 1.87. The minimum Gasteiger partial charge on any atom is -0.352 e. The molecule has 0 saturated heterocycles. The van der Waals surface area contributed by atoms with E-state index in [0.717, 1.165) is 5.56 Å². The van der Waals surface area contributed by atoms with Crippen LogP contribution < -0.4 is 5.32 Å². The Morgan fingerprint density at radius 1 is 1.05 bits per heavy atom. The maximum atomic E-state index is 11.8. The van der Waals surface area contributed by atoms with Crippen molar-refractivity contribution in [2.24, 2.45) is 0 Å². The van der Waals surface area contributed by atoms with E-state index in [0.29, 0.717) is 33.6 Å². The third-order valence-corrected chi connectivity index (χ3v) is 3.90. The van der Waals surface area contributed by atoms with Crippen LogP contribution in [0.3, 0.4) is 0 Å². The lowest BCUT2D eigenvalue weighted by Crippen LogP contribution is -2.23. The first-order valence-corrected chi connectivity index (χ1v) is 7.84. The standard InChI is InChI=1S/C17H14Cl3NO/c18-13-4-1-3-12(11-13)9-10-21-17(22)8-7-14-15(19)5-2-6-16(14)20/h1-8,11H,9-10H2,(H,21,22). The van der Waals surface area contributed by atoms with Gasteiger partial charge in [-0.05, 0) is 42.3 Å². The topological polar surface area (TPSA) is 29.1 Å². The molecule has 2 aromatic carbocycles. The highest BCUT2D eigenvalue weighted by molar-refractivity contribution is 6.37. The summed E-state index contributed by atoms with van der Waals surface area (Å²) >= 11 is 18.0. The maximum absolute atomic E-state index is 11.8. The summed E-state index contributed by atoms with van der Waals surface area (Å²) in [4.78, 5) is 11.8. The van der Waals surface area contributed by atoms with Gasteiger partial charge in [0.25, 0.3) is 0 Å². The minimum atomic E-state index is -0.196. The molecule has 0 heterocycles. The van der Waals surface area contributed by atoms with Crippen LogP contribution in [-0.2, 0) is 11.2 Å². The second-order valence-electron chi connectivity index (χ2n) is 4.64. The van der Waals surface area contributed by atoms with Gasteiger partial charge in [0.15, 0.2) is 0 Å². The number of carbonyl (C=O) groups excluding carboxylic acids is 1. The molecule has 0 saturated carbocycles. The molecule has 114 valence electrons. The van der Waals surface area contributed by atoms with Crippen molar-refractivity contribution in [3.05, 3.63) is 74.7 Å². The molecule has 1 amide bonds. The smallest absolute Gasteiger partial charge is 0.244 e. The SMILES string of the molecule is O=C(C=Cc1c(Cl)cccc1Cl)NCCc1cccc(Cl)c1. The molecule has 0 spiro atoms. The first kappa shape index (κ1) is 16.9. The van der Waals surface area contributed by atoms with Crippen molar-refractivity contribution in [2.45, 2.75) is 6.42 Å². The zero-order chi connectivity index (χ0) is 15.9. The third kappa shape index (κ3) is 5.06. The molecule has 2 aromatic rings. The van der Waals surface area contributed by atoms with Crippen molar-refractivity contribution in [2.75, 3.05) is 6.54 Å². The monoisotopic (exact) mass is 353 g/mol. The number of benzene rings is 2. The van der Waals surface area contributed by atoms with E-state index >= 15 is 0 Å². The summed E-state index contributed by atoms with van der Waals surface area (Å²) in [6.45, 7) is 0.528. The minimum absolute atomic E-state index is 0.196. The van der Waals surface area contributed by atoms with Crippen LogP contribution in [0.4, 0.5) is 0 Å². The predicted molar refractivity (Wildman–Crippen MR) is 93.7 cm³/mol. The second kappa shape index (κ2) is 8.23. The average molecular weight is 355 g/mol. The molecule has 0 bridgehead atoms. The van der Waals surface area contributed by atoms with Gasteiger partial charge in [0.05, 0.1) is 0 Å². The number of nitrogens with one attached hydrogen (secondary N) is 1. The van der Waals surface area contributed by atoms with E-state index < -0.39 is 0 Å². The summed E-state index contributed by atoms with van der Waals surface area (Å²) in [5.41, 5.74) is 1.71. The van der Waals surface area contributed by atoms with Gasteiger partial charge in [-0.1, -0.05) is 53.0 Å². The number of hydrogen-bond donors (Lipinski definition) is 1. The van der Waals surface area contributed by atoms with Gasteiger partial charge < -0.3 is 5.32 Å². The Kier molecular flexibility index (Phi) is 6.32. The molecule has 0 unspecified atom stereocenters. The number of halogens is 3. The van der Waals surface area contributed by atoms with E-state index in [4.69, 9.17) is 34.8 Å². The highest BCUT2D eigenvalue weighted by atomic mass is 35.5. The molecule has 5 heteroatoms. The van der Waals surface area contributed by atoms with Crippen molar-refractivity contribution < 1.29 is 4.79 Å². The number of amides is 1. The van der Waals surface area contributed by atoms with Gasteiger partial charge in [-0.3, -0.25) is 4.79 Å². The molecule has 0 fully saturated rings. The number of rotatable bonds is 5. The summed E-state index contributed by atoms with van der Waals surface area (Å²) in [6.07, 6.45) is 3.75. The number of carbonyl (C=O) groups is 1. The van der Waals surface area contributed by atoms with E-state index in [1.807, 2.05) is 24.3 Å². The molecular formula is C17H14Cl3NO. The fourth-order valence-corrected chi connectivity index (χ4v) is 2.65. The molecule has 0 atom stereocenters. The fraction of sp³-hybridized carbons (Fsp3) is 0.118. The molecule has 0 aliphatic carbocycles. The van der Waals surface area contributed by atoms with E-state index in [9.17, 15) is 4.79 Å². The largest absolute Gasteiger partial charge is 0.352 e. The summed E-state index contributed by atoms with van der Waals surface area (Å²) in [5.74, 6) is -0.196. The van der Waals surface area contributed by atoms with E-state index in [1.54, 1.807) is 24.3 Å². The summed E-state index contributed by atoms with van der Waals surface area (Å²) in [7, 11) is 0. The molecule has 1 N–H and O–H groups in total. The Bertz CT molecular complexity index is 678. The second-order valence-corrected chi connectivity index (χ2v) is 5.89. The van der Waals surface area contributed by atoms with Crippen LogP contribution >= 0.6 is 34.8 Å². The molecule has 2 rings (SSSR count). The Hall–Kier alpha value is -1.48. The van der Waals surface area contributed by atoms with E-state index in [-0.39, 0.29) is 5.91 Å². The first-order valence-electron chi connectivity index (χ1n) is 6.70. The molecule has 0 radical (unpaired) electrons. The van der Waals surface area contributed by atoms with Gasteiger partial charge in [-0.2, -0.15) is 0 Å². The summed E-state index contributed by atoms with van der Waals surface area (Å²) in [6, 6.07) is 12.8. The molecule has 2 nitrogen and oxygen atoms in total. The van der Waals surface area contributed by atoms with E-state index in [1.165, 1.54) is 6.08 Å². The predicted octanol–water partition coefficient (Wildman–Crippen LogP) is 5.02. The lowest BCUT2D eigenvalue weighted by Gasteiger charge is -2.04. The van der Waals surface area contributed by atoms with Crippen molar-refractivity contribution in [1.29, 1.82) is 0 Å². The van der Waals surface area contributed by atoms with Gasteiger partial charge in [0, 0.05) is 33.3 Å². The molecule has 0 aromatic heterocycles. The van der Waals surface area contributed by atoms with Crippen LogP contribution in [0, 0.1) is 0 Å². The van der Waals surface area contributed by atoms with Crippen LogP contribution in [0.25, 0.3) is 6.08 Å². The quantitative estimate of drug-likeness (QED) is 0.751. The Morgan fingerprint density at radius 3 is 2.41 bits per heavy atom. The van der Waals surface area contributed by atoms with Gasteiger partial charge in [-0.15, -0.1) is 0 Å². The maximum Gasteiger partial charge on any atom is 0.244 e. The summed E-state index contributed by atoms with van der Waals surface area (Å²) in [5, 5.41) is 4.52. The highest BCUT2D eigenvalue weighted by Gasteiger charge is 2.02. The van der Waals surface area contributed by atoms with E-state index in [2.05, 4.69) is 5.32 Å². The first-order chi connectivity index (χ1) is 10.6. The zero-order valence-corrected chi connectivity index (χ0v) is 13.9. The van der Waals surface area contributed by atoms with Gasteiger partial charge >= 0.3 is 0 Å². The normalized spacial score (nSPS) is 10.9. The molecular weight excluding hydrogens is 341 g/mol. The molecule has 0 aliphatic heterocycles. The van der Waals surface area contributed by atoms with Crippen LogP contribution in [-0.4, -0.2) is 12.5 Å². The Morgan fingerprint density at radius 2 is 1.73 bits per heavy atom. The summed E-state index contributed by atoms with van der Waals surface area (Å²) < 4.78 is 0. The van der Waals surface area contributed by atoms with Crippen molar-refractivity contribution >= 4 is 46.8 Å². The lowest BCUT2D eigenvalue weighted by atomic mass is 10.1. The van der Waals surface area contributed by atoms with Crippen molar-refractivity contribution in [1.82, 2.24) is 5.32 Å². The number of hydrogen-bond acceptors (Lipinski definition) is 1. The Labute approximate surface area is 144 Å². The van der Waals surface area contributed by atoms with Crippen LogP contribution in [0.15, 0.2) is 48.5 Å². The third-order valence-electron chi connectivity index (χ3n) is 3.00. The van der Waals surface area contributed by atoms with Gasteiger partial charge in [0.1, 0.15) is 0 Å².